The highest BCUT2D eigenvalue weighted by Gasteiger charge is 2.24. The van der Waals surface area contributed by atoms with Gasteiger partial charge in [-0.1, -0.05) is 13.8 Å². The van der Waals surface area contributed by atoms with Crippen LogP contribution >= 0.6 is 0 Å². The van der Waals surface area contributed by atoms with E-state index in [1.165, 1.54) is 38.9 Å². The van der Waals surface area contributed by atoms with Gasteiger partial charge in [0.25, 0.3) is 0 Å². The van der Waals surface area contributed by atoms with Gasteiger partial charge in [-0.25, -0.2) is 0 Å². The average Bonchev–Trinajstić information content (AvgIpc) is 2.66. The third kappa shape index (κ3) is 4.49. The van der Waals surface area contributed by atoms with E-state index in [2.05, 4.69) is 24.1 Å². The van der Waals surface area contributed by atoms with E-state index in [1.807, 2.05) is 7.11 Å². The predicted molar refractivity (Wildman–Crippen MR) is 64.2 cm³/mol. The standard InChI is InChI=1S/C12H26N2O/c1-4-6-14(7-5-2)10-11-8-12(15-3)9-13-11/h11-13H,4-10H2,1-3H3. The van der Waals surface area contributed by atoms with E-state index < -0.39 is 0 Å². The molecule has 1 N–H and O–H groups in total. The molecule has 1 heterocycles. The first-order valence-corrected chi connectivity index (χ1v) is 6.28. The van der Waals surface area contributed by atoms with E-state index >= 15 is 0 Å². The number of nitrogens with zero attached hydrogens (tertiary/aromatic N) is 1. The van der Waals surface area contributed by atoms with Gasteiger partial charge in [-0.05, 0) is 32.4 Å². The molecule has 1 rings (SSSR count). The molecular formula is C12H26N2O. The zero-order valence-electron chi connectivity index (χ0n) is 10.5. The summed E-state index contributed by atoms with van der Waals surface area (Å²) in [6.45, 7) is 9.16. The van der Waals surface area contributed by atoms with E-state index in [1.54, 1.807) is 0 Å². The van der Waals surface area contributed by atoms with Crippen LogP contribution in [0.3, 0.4) is 0 Å². The van der Waals surface area contributed by atoms with Crippen LogP contribution in [0.5, 0.6) is 0 Å². The largest absolute Gasteiger partial charge is 0.380 e. The molecule has 1 fully saturated rings. The van der Waals surface area contributed by atoms with Gasteiger partial charge < -0.3 is 15.0 Å². The number of methoxy groups -OCH3 is 1. The van der Waals surface area contributed by atoms with E-state index in [4.69, 9.17) is 4.74 Å². The van der Waals surface area contributed by atoms with Gasteiger partial charge in [0.05, 0.1) is 6.10 Å². The number of hydrogen-bond acceptors (Lipinski definition) is 3. The third-order valence-corrected chi connectivity index (χ3v) is 3.07. The molecule has 1 aliphatic rings. The zero-order chi connectivity index (χ0) is 11.1. The van der Waals surface area contributed by atoms with Crippen LogP contribution in [0.25, 0.3) is 0 Å². The van der Waals surface area contributed by atoms with Gasteiger partial charge in [0.2, 0.25) is 0 Å². The lowest BCUT2D eigenvalue weighted by molar-refractivity contribution is 0.115. The molecule has 3 nitrogen and oxygen atoms in total. The van der Waals surface area contributed by atoms with Crippen molar-refractivity contribution >= 4 is 0 Å². The van der Waals surface area contributed by atoms with Gasteiger partial charge in [0.15, 0.2) is 0 Å². The summed E-state index contributed by atoms with van der Waals surface area (Å²) < 4.78 is 5.36. The van der Waals surface area contributed by atoms with Crippen LogP contribution in [0.1, 0.15) is 33.1 Å². The second kappa shape index (κ2) is 7.20. The molecule has 2 atom stereocenters. The SMILES string of the molecule is CCCN(CCC)CC1CC(OC)CN1. The minimum Gasteiger partial charge on any atom is -0.380 e. The minimum absolute atomic E-state index is 0.431. The Kier molecular flexibility index (Phi) is 6.22. The van der Waals surface area contributed by atoms with Crippen molar-refractivity contribution in [2.24, 2.45) is 0 Å². The molecule has 0 spiro atoms. The zero-order valence-corrected chi connectivity index (χ0v) is 10.5. The van der Waals surface area contributed by atoms with Crippen molar-refractivity contribution < 1.29 is 4.74 Å². The Morgan fingerprint density at radius 3 is 2.40 bits per heavy atom. The molecule has 1 aliphatic heterocycles. The molecule has 0 aromatic rings. The Hall–Kier alpha value is -0.120. The highest BCUT2D eigenvalue weighted by molar-refractivity contribution is 4.84. The number of rotatable bonds is 7. The summed E-state index contributed by atoms with van der Waals surface area (Å²) in [4.78, 5) is 2.57. The Bertz CT molecular complexity index is 158. The van der Waals surface area contributed by atoms with Gasteiger partial charge in [0, 0.05) is 26.2 Å². The van der Waals surface area contributed by atoms with E-state index in [0.29, 0.717) is 12.1 Å². The summed E-state index contributed by atoms with van der Waals surface area (Å²) >= 11 is 0. The van der Waals surface area contributed by atoms with Gasteiger partial charge in [-0.2, -0.15) is 0 Å². The number of ether oxygens (including phenoxy) is 1. The van der Waals surface area contributed by atoms with Crippen LogP contribution in [-0.2, 0) is 4.74 Å². The third-order valence-electron chi connectivity index (χ3n) is 3.07. The van der Waals surface area contributed by atoms with Crippen molar-refractivity contribution in [2.45, 2.75) is 45.3 Å². The molecule has 0 bridgehead atoms. The molecule has 0 aromatic heterocycles. The lowest BCUT2D eigenvalue weighted by Crippen LogP contribution is -2.38. The number of hydrogen-bond donors (Lipinski definition) is 1. The Balaban J connectivity index is 2.25. The Labute approximate surface area is 94.2 Å². The second-order valence-corrected chi connectivity index (χ2v) is 4.50. The summed E-state index contributed by atoms with van der Waals surface area (Å²) in [6.07, 6.45) is 4.10. The monoisotopic (exact) mass is 214 g/mol. The van der Waals surface area contributed by atoms with Gasteiger partial charge in [0.1, 0.15) is 0 Å². The fourth-order valence-electron chi connectivity index (χ4n) is 2.34. The van der Waals surface area contributed by atoms with Gasteiger partial charge >= 0.3 is 0 Å². The van der Waals surface area contributed by atoms with Crippen molar-refractivity contribution in [1.82, 2.24) is 10.2 Å². The maximum atomic E-state index is 5.36. The fourth-order valence-corrected chi connectivity index (χ4v) is 2.34. The summed E-state index contributed by atoms with van der Waals surface area (Å²) in [5, 5.41) is 3.54. The Morgan fingerprint density at radius 1 is 1.27 bits per heavy atom. The summed E-state index contributed by atoms with van der Waals surface area (Å²) in [6, 6.07) is 0.632. The van der Waals surface area contributed by atoms with E-state index in [0.717, 1.165) is 6.54 Å². The summed E-state index contributed by atoms with van der Waals surface area (Å²) in [7, 11) is 1.81. The van der Waals surface area contributed by atoms with Crippen molar-refractivity contribution in [1.29, 1.82) is 0 Å². The highest BCUT2D eigenvalue weighted by Crippen LogP contribution is 2.11. The molecule has 3 heteroatoms. The molecule has 0 radical (unpaired) electrons. The summed E-state index contributed by atoms with van der Waals surface area (Å²) in [5.41, 5.74) is 0. The first-order valence-electron chi connectivity index (χ1n) is 6.28. The van der Waals surface area contributed by atoms with E-state index in [9.17, 15) is 0 Å². The van der Waals surface area contributed by atoms with Gasteiger partial charge in [-0.15, -0.1) is 0 Å². The normalized spacial score (nSPS) is 26.4. The molecule has 2 unspecified atom stereocenters. The quantitative estimate of drug-likeness (QED) is 0.695. The molecule has 90 valence electrons. The summed E-state index contributed by atoms with van der Waals surface area (Å²) in [5.74, 6) is 0. The lowest BCUT2D eigenvalue weighted by Gasteiger charge is -2.24. The highest BCUT2D eigenvalue weighted by atomic mass is 16.5. The fraction of sp³-hybridized carbons (Fsp3) is 1.00. The minimum atomic E-state index is 0.431. The molecule has 0 amide bonds. The van der Waals surface area contributed by atoms with Crippen LogP contribution in [-0.4, -0.2) is 50.3 Å². The first-order chi connectivity index (χ1) is 7.30. The van der Waals surface area contributed by atoms with Crippen LogP contribution in [0.4, 0.5) is 0 Å². The van der Waals surface area contributed by atoms with Crippen molar-refractivity contribution in [3.05, 3.63) is 0 Å². The molecule has 0 aliphatic carbocycles. The Morgan fingerprint density at radius 2 is 1.93 bits per heavy atom. The predicted octanol–water partition coefficient (Wildman–Crippen LogP) is 1.49. The number of nitrogens with one attached hydrogen (secondary N) is 1. The van der Waals surface area contributed by atoms with Crippen molar-refractivity contribution in [2.75, 3.05) is 33.3 Å². The molecule has 0 saturated carbocycles. The van der Waals surface area contributed by atoms with Crippen molar-refractivity contribution in [3.8, 4) is 0 Å². The van der Waals surface area contributed by atoms with E-state index in [-0.39, 0.29) is 0 Å². The van der Waals surface area contributed by atoms with Gasteiger partial charge in [-0.3, -0.25) is 0 Å². The first kappa shape index (κ1) is 12.9. The maximum Gasteiger partial charge on any atom is 0.0711 e. The van der Waals surface area contributed by atoms with Crippen LogP contribution in [0, 0.1) is 0 Å². The molecule has 15 heavy (non-hydrogen) atoms. The maximum absolute atomic E-state index is 5.36. The molecule has 1 saturated heterocycles. The second-order valence-electron chi connectivity index (χ2n) is 4.50. The van der Waals surface area contributed by atoms with Crippen LogP contribution in [0.2, 0.25) is 0 Å². The molecular weight excluding hydrogens is 188 g/mol. The van der Waals surface area contributed by atoms with Crippen LogP contribution < -0.4 is 5.32 Å². The smallest absolute Gasteiger partial charge is 0.0711 e. The van der Waals surface area contributed by atoms with Crippen LogP contribution in [0.15, 0.2) is 0 Å². The lowest BCUT2D eigenvalue weighted by atomic mass is 10.2. The molecule has 0 aromatic carbocycles. The average molecular weight is 214 g/mol. The van der Waals surface area contributed by atoms with Crippen molar-refractivity contribution in [3.63, 3.8) is 0 Å². The topological polar surface area (TPSA) is 24.5 Å².